The van der Waals surface area contributed by atoms with Gasteiger partial charge in [0.15, 0.2) is 0 Å². The number of aromatic nitrogens is 1. The van der Waals surface area contributed by atoms with Gasteiger partial charge in [-0.05, 0) is 54.4 Å². The number of nitrogens with one attached hydrogen (secondary N) is 1. The molecule has 0 bridgehead atoms. The summed E-state index contributed by atoms with van der Waals surface area (Å²) in [6, 6.07) is 14.5. The summed E-state index contributed by atoms with van der Waals surface area (Å²) in [5.41, 5.74) is 3.43. The van der Waals surface area contributed by atoms with Crippen molar-refractivity contribution in [2.45, 2.75) is 25.9 Å². The van der Waals surface area contributed by atoms with Crippen molar-refractivity contribution in [1.29, 1.82) is 0 Å². The second kappa shape index (κ2) is 8.24. The molecule has 1 N–H and O–H groups in total. The molecule has 1 aromatic heterocycles. The maximum absolute atomic E-state index is 13.2. The number of anilines is 1. The Balaban J connectivity index is 1.56. The molecule has 0 aliphatic carbocycles. The summed E-state index contributed by atoms with van der Waals surface area (Å²) in [6.45, 7) is 2.11. The quantitative estimate of drug-likeness (QED) is 0.652. The van der Waals surface area contributed by atoms with Gasteiger partial charge in [-0.1, -0.05) is 29.8 Å². The number of benzene rings is 2. The fraction of sp³-hybridized carbons (Fsp3) is 0.174. The van der Waals surface area contributed by atoms with Gasteiger partial charge >= 0.3 is 0 Å². The van der Waals surface area contributed by atoms with Crippen LogP contribution in [0.3, 0.4) is 0 Å². The summed E-state index contributed by atoms with van der Waals surface area (Å²) >= 11 is 6.03. The SMILES string of the molecule is Cc1cccc(N2C(=O)c3cccnc3[C@@H]2CC(=O)NCc2ccc(F)cc2Cl)c1. The molecule has 2 amide bonds. The molecule has 1 aliphatic heterocycles. The van der Waals surface area contributed by atoms with Crippen molar-refractivity contribution in [3.05, 3.63) is 94.0 Å². The first-order valence-electron chi connectivity index (χ1n) is 9.50. The van der Waals surface area contributed by atoms with E-state index in [-0.39, 0.29) is 29.8 Å². The van der Waals surface area contributed by atoms with Crippen molar-refractivity contribution < 1.29 is 14.0 Å². The third kappa shape index (κ3) is 3.91. The number of nitrogens with zero attached hydrogens (tertiary/aromatic N) is 2. The van der Waals surface area contributed by atoms with E-state index in [1.165, 1.54) is 18.2 Å². The normalized spacial score (nSPS) is 15.2. The Kier molecular flexibility index (Phi) is 5.50. The van der Waals surface area contributed by atoms with E-state index in [0.29, 0.717) is 16.8 Å². The van der Waals surface area contributed by atoms with E-state index in [4.69, 9.17) is 11.6 Å². The van der Waals surface area contributed by atoms with Gasteiger partial charge in [0.2, 0.25) is 5.91 Å². The van der Waals surface area contributed by atoms with E-state index >= 15 is 0 Å². The first-order valence-corrected chi connectivity index (χ1v) is 9.87. The van der Waals surface area contributed by atoms with Crippen LogP contribution >= 0.6 is 11.6 Å². The molecule has 0 unspecified atom stereocenters. The lowest BCUT2D eigenvalue weighted by molar-refractivity contribution is -0.121. The molecule has 1 aliphatic rings. The van der Waals surface area contributed by atoms with Gasteiger partial charge in [-0.25, -0.2) is 4.39 Å². The summed E-state index contributed by atoms with van der Waals surface area (Å²) in [5.74, 6) is -0.872. The van der Waals surface area contributed by atoms with Crippen LogP contribution in [0.5, 0.6) is 0 Å². The van der Waals surface area contributed by atoms with Crippen LogP contribution in [0, 0.1) is 12.7 Å². The number of halogens is 2. The predicted molar refractivity (Wildman–Crippen MR) is 113 cm³/mol. The Bertz CT molecular complexity index is 1130. The largest absolute Gasteiger partial charge is 0.352 e. The minimum Gasteiger partial charge on any atom is -0.352 e. The number of hydrogen-bond acceptors (Lipinski definition) is 3. The van der Waals surface area contributed by atoms with Gasteiger partial charge in [0.25, 0.3) is 5.91 Å². The van der Waals surface area contributed by atoms with E-state index in [0.717, 1.165) is 11.3 Å². The van der Waals surface area contributed by atoms with Crippen molar-refractivity contribution in [1.82, 2.24) is 10.3 Å². The fourth-order valence-electron chi connectivity index (χ4n) is 3.63. The molecule has 0 saturated carbocycles. The van der Waals surface area contributed by atoms with Crippen LogP contribution in [-0.2, 0) is 11.3 Å². The zero-order valence-corrected chi connectivity index (χ0v) is 17.0. The average Bonchev–Trinajstić information content (AvgIpc) is 2.99. The molecule has 3 aromatic rings. The smallest absolute Gasteiger partial charge is 0.260 e. The molecule has 7 heteroatoms. The molecule has 0 saturated heterocycles. The summed E-state index contributed by atoms with van der Waals surface area (Å²) in [7, 11) is 0. The molecular formula is C23H19ClFN3O2. The third-order valence-electron chi connectivity index (χ3n) is 5.06. The standard InChI is InChI=1S/C23H19ClFN3O2/c1-14-4-2-5-17(10-14)28-20(22-18(23(28)30)6-3-9-26-22)12-21(29)27-13-15-7-8-16(25)11-19(15)24/h2-11,20H,12-13H2,1H3,(H,27,29)/t20-/m0/s1. The highest BCUT2D eigenvalue weighted by Gasteiger charge is 2.39. The molecule has 1 atom stereocenters. The Morgan fingerprint density at radius 3 is 2.80 bits per heavy atom. The number of carbonyl (C=O) groups excluding carboxylic acids is 2. The van der Waals surface area contributed by atoms with Crippen molar-refractivity contribution in [3.8, 4) is 0 Å². The number of hydrogen-bond donors (Lipinski definition) is 1. The van der Waals surface area contributed by atoms with Crippen molar-refractivity contribution in [3.63, 3.8) is 0 Å². The van der Waals surface area contributed by atoms with E-state index in [2.05, 4.69) is 10.3 Å². The lowest BCUT2D eigenvalue weighted by atomic mass is 10.1. The second-order valence-corrected chi connectivity index (χ2v) is 7.59. The summed E-state index contributed by atoms with van der Waals surface area (Å²) in [4.78, 5) is 31.8. The lowest BCUT2D eigenvalue weighted by Crippen LogP contribution is -2.33. The molecule has 2 heterocycles. The van der Waals surface area contributed by atoms with Crippen LogP contribution in [0.2, 0.25) is 5.02 Å². The van der Waals surface area contributed by atoms with Crippen molar-refractivity contribution in [2.75, 3.05) is 4.90 Å². The zero-order chi connectivity index (χ0) is 21.3. The molecule has 0 spiro atoms. The molecule has 4 rings (SSSR count). The highest BCUT2D eigenvalue weighted by molar-refractivity contribution is 6.31. The molecule has 0 fully saturated rings. The van der Waals surface area contributed by atoms with Crippen LogP contribution < -0.4 is 10.2 Å². The van der Waals surface area contributed by atoms with Crippen molar-refractivity contribution >= 4 is 29.1 Å². The average molecular weight is 424 g/mol. The monoisotopic (exact) mass is 423 g/mol. The molecular weight excluding hydrogens is 405 g/mol. The number of pyridine rings is 1. The Labute approximate surface area is 178 Å². The third-order valence-corrected chi connectivity index (χ3v) is 5.42. The number of amides is 2. The number of aryl methyl sites for hydroxylation is 1. The molecule has 0 radical (unpaired) electrons. The van der Waals surface area contributed by atoms with Crippen LogP contribution in [-0.4, -0.2) is 16.8 Å². The van der Waals surface area contributed by atoms with Gasteiger partial charge in [0.1, 0.15) is 5.82 Å². The van der Waals surface area contributed by atoms with Gasteiger partial charge in [-0.15, -0.1) is 0 Å². The molecule has 5 nitrogen and oxygen atoms in total. The minimum atomic E-state index is -0.515. The van der Waals surface area contributed by atoms with E-state index in [9.17, 15) is 14.0 Å². The highest BCUT2D eigenvalue weighted by atomic mass is 35.5. The summed E-state index contributed by atoms with van der Waals surface area (Å²) < 4.78 is 13.2. The maximum Gasteiger partial charge on any atom is 0.260 e. The summed E-state index contributed by atoms with van der Waals surface area (Å²) in [6.07, 6.45) is 1.66. The Hall–Kier alpha value is -3.25. The molecule has 152 valence electrons. The minimum absolute atomic E-state index is 0.0442. The predicted octanol–water partition coefficient (Wildman–Crippen LogP) is 4.59. The van der Waals surface area contributed by atoms with Gasteiger partial charge in [-0.2, -0.15) is 0 Å². The zero-order valence-electron chi connectivity index (χ0n) is 16.2. The Morgan fingerprint density at radius 1 is 1.20 bits per heavy atom. The fourth-order valence-corrected chi connectivity index (χ4v) is 3.86. The van der Waals surface area contributed by atoms with Gasteiger partial charge in [0.05, 0.1) is 23.7 Å². The van der Waals surface area contributed by atoms with Gasteiger partial charge in [0, 0.05) is 23.5 Å². The van der Waals surface area contributed by atoms with E-state index in [1.807, 2.05) is 31.2 Å². The maximum atomic E-state index is 13.2. The summed E-state index contributed by atoms with van der Waals surface area (Å²) in [5, 5.41) is 3.05. The molecule has 2 aromatic carbocycles. The van der Waals surface area contributed by atoms with Crippen LogP contribution in [0.1, 0.15) is 39.6 Å². The van der Waals surface area contributed by atoms with Crippen LogP contribution in [0.15, 0.2) is 60.8 Å². The Morgan fingerprint density at radius 2 is 2.03 bits per heavy atom. The topological polar surface area (TPSA) is 62.3 Å². The first kappa shape index (κ1) is 20.0. The molecule has 30 heavy (non-hydrogen) atoms. The van der Waals surface area contributed by atoms with E-state index < -0.39 is 11.9 Å². The van der Waals surface area contributed by atoms with Gasteiger partial charge < -0.3 is 5.32 Å². The second-order valence-electron chi connectivity index (χ2n) is 7.18. The number of fused-ring (bicyclic) bond motifs is 1. The number of carbonyl (C=O) groups is 2. The van der Waals surface area contributed by atoms with E-state index in [1.54, 1.807) is 23.2 Å². The van der Waals surface area contributed by atoms with Crippen LogP contribution in [0.4, 0.5) is 10.1 Å². The first-order chi connectivity index (χ1) is 14.4. The highest BCUT2D eigenvalue weighted by Crippen LogP contribution is 2.38. The van der Waals surface area contributed by atoms with Crippen LogP contribution in [0.25, 0.3) is 0 Å². The van der Waals surface area contributed by atoms with Gasteiger partial charge in [-0.3, -0.25) is 19.5 Å². The lowest BCUT2D eigenvalue weighted by Gasteiger charge is -2.25. The van der Waals surface area contributed by atoms with Crippen molar-refractivity contribution in [2.24, 2.45) is 0 Å². The number of rotatable bonds is 5.